The van der Waals surface area contributed by atoms with E-state index in [1.807, 2.05) is 11.3 Å². The van der Waals surface area contributed by atoms with E-state index in [0.29, 0.717) is 6.04 Å². The maximum absolute atomic E-state index is 2.61. The van der Waals surface area contributed by atoms with Crippen molar-refractivity contribution in [1.82, 2.24) is 4.90 Å². The quantitative estimate of drug-likeness (QED) is 0.623. The first-order valence-corrected chi connectivity index (χ1v) is 8.69. The van der Waals surface area contributed by atoms with Gasteiger partial charge in [-0.25, -0.2) is 0 Å². The largest absolute Gasteiger partial charge is 0.288 e. The summed E-state index contributed by atoms with van der Waals surface area (Å²) < 4.78 is 0. The zero-order valence-electron chi connectivity index (χ0n) is 12.9. The van der Waals surface area contributed by atoms with Gasteiger partial charge in [0.2, 0.25) is 0 Å². The SMILES string of the molecule is Cl.c1ccc(C(c2ccccc2)N2CCc3sccc3C2)cc1. The third-order valence-corrected chi connectivity index (χ3v) is 5.46. The minimum atomic E-state index is 0. The molecule has 0 amide bonds. The van der Waals surface area contributed by atoms with Crippen LogP contribution in [0.2, 0.25) is 0 Å². The molecule has 4 rings (SSSR count). The van der Waals surface area contributed by atoms with Crippen LogP contribution in [0.5, 0.6) is 0 Å². The minimum Gasteiger partial charge on any atom is -0.288 e. The Kier molecular flexibility index (Phi) is 5.16. The summed E-state index contributed by atoms with van der Waals surface area (Å²) in [4.78, 5) is 4.18. The summed E-state index contributed by atoms with van der Waals surface area (Å²) in [6, 6.07) is 24.4. The maximum Gasteiger partial charge on any atom is 0.0604 e. The second-order valence-corrected chi connectivity index (χ2v) is 6.81. The molecule has 2 heterocycles. The van der Waals surface area contributed by atoms with Crippen LogP contribution in [0.15, 0.2) is 72.1 Å². The summed E-state index contributed by atoms with van der Waals surface area (Å²) in [6.07, 6.45) is 1.17. The molecule has 0 fully saturated rings. The van der Waals surface area contributed by atoms with E-state index >= 15 is 0 Å². The number of nitrogens with zero attached hydrogens (tertiary/aromatic N) is 1. The number of fused-ring (bicyclic) bond motifs is 1. The molecule has 0 saturated heterocycles. The molecule has 1 aliphatic rings. The average molecular weight is 342 g/mol. The van der Waals surface area contributed by atoms with Gasteiger partial charge < -0.3 is 0 Å². The smallest absolute Gasteiger partial charge is 0.0604 e. The summed E-state index contributed by atoms with van der Waals surface area (Å²) in [5.74, 6) is 0. The Bertz CT molecular complexity index is 699. The fourth-order valence-corrected chi connectivity index (χ4v) is 4.27. The molecule has 0 radical (unpaired) electrons. The van der Waals surface area contributed by atoms with Crippen LogP contribution in [0.25, 0.3) is 0 Å². The summed E-state index contributed by atoms with van der Waals surface area (Å²) in [5.41, 5.74) is 4.27. The second kappa shape index (κ2) is 7.31. The molecule has 0 N–H and O–H groups in total. The van der Waals surface area contributed by atoms with Gasteiger partial charge in [-0.1, -0.05) is 60.7 Å². The van der Waals surface area contributed by atoms with Gasteiger partial charge in [-0.2, -0.15) is 0 Å². The van der Waals surface area contributed by atoms with Crippen molar-refractivity contribution in [2.24, 2.45) is 0 Å². The van der Waals surface area contributed by atoms with Crippen LogP contribution in [-0.2, 0) is 13.0 Å². The molecule has 3 heteroatoms. The van der Waals surface area contributed by atoms with Crippen molar-refractivity contribution in [2.45, 2.75) is 19.0 Å². The third-order valence-electron chi connectivity index (χ3n) is 4.43. The first-order valence-electron chi connectivity index (χ1n) is 7.81. The lowest BCUT2D eigenvalue weighted by Crippen LogP contribution is -2.34. The molecule has 1 aromatic heterocycles. The number of hydrogen-bond donors (Lipinski definition) is 0. The minimum absolute atomic E-state index is 0. The Balaban J connectivity index is 0.00000156. The molecule has 1 nitrogen and oxygen atoms in total. The van der Waals surface area contributed by atoms with E-state index in [1.165, 1.54) is 23.1 Å². The van der Waals surface area contributed by atoms with E-state index in [4.69, 9.17) is 0 Å². The fraction of sp³-hybridized carbons (Fsp3) is 0.200. The van der Waals surface area contributed by atoms with Crippen molar-refractivity contribution in [1.29, 1.82) is 0 Å². The van der Waals surface area contributed by atoms with E-state index in [9.17, 15) is 0 Å². The van der Waals surface area contributed by atoms with Gasteiger partial charge in [-0.3, -0.25) is 4.90 Å². The van der Waals surface area contributed by atoms with Crippen molar-refractivity contribution >= 4 is 23.7 Å². The van der Waals surface area contributed by atoms with Crippen molar-refractivity contribution < 1.29 is 0 Å². The highest BCUT2D eigenvalue weighted by atomic mass is 35.5. The third kappa shape index (κ3) is 3.35. The van der Waals surface area contributed by atoms with E-state index in [0.717, 1.165) is 13.1 Å². The van der Waals surface area contributed by atoms with Crippen LogP contribution in [0.3, 0.4) is 0 Å². The lowest BCUT2D eigenvalue weighted by molar-refractivity contribution is 0.208. The molecular weight excluding hydrogens is 322 g/mol. The summed E-state index contributed by atoms with van der Waals surface area (Å²) in [5, 5.41) is 2.23. The maximum atomic E-state index is 2.61. The summed E-state index contributed by atoms with van der Waals surface area (Å²) in [6.45, 7) is 2.18. The van der Waals surface area contributed by atoms with Crippen LogP contribution in [0, 0.1) is 0 Å². The van der Waals surface area contributed by atoms with Crippen molar-refractivity contribution in [3.05, 3.63) is 93.7 Å². The van der Waals surface area contributed by atoms with Crippen LogP contribution in [-0.4, -0.2) is 11.4 Å². The Morgan fingerprint density at radius 3 is 2.04 bits per heavy atom. The van der Waals surface area contributed by atoms with Gasteiger partial charge >= 0.3 is 0 Å². The molecule has 23 heavy (non-hydrogen) atoms. The molecule has 0 aliphatic carbocycles. The first-order chi connectivity index (χ1) is 10.9. The predicted molar refractivity (Wildman–Crippen MR) is 100 cm³/mol. The van der Waals surface area contributed by atoms with Gasteiger partial charge in [0.15, 0.2) is 0 Å². The standard InChI is InChI=1S/C20H19NS.ClH/c1-3-7-16(8-4-1)20(17-9-5-2-6-10-17)21-13-11-19-18(15-21)12-14-22-19;/h1-10,12,14,20H,11,13,15H2;1H. The normalized spacial score (nSPS) is 14.3. The number of thiophene rings is 1. The van der Waals surface area contributed by atoms with Gasteiger partial charge in [0, 0.05) is 18.0 Å². The highest BCUT2D eigenvalue weighted by molar-refractivity contribution is 7.10. The second-order valence-electron chi connectivity index (χ2n) is 5.81. The van der Waals surface area contributed by atoms with E-state index in [-0.39, 0.29) is 12.4 Å². The fourth-order valence-electron chi connectivity index (χ4n) is 3.38. The number of benzene rings is 2. The molecule has 0 spiro atoms. The molecule has 0 bridgehead atoms. The zero-order chi connectivity index (χ0) is 14.8. The molecule has 2 aromatic carbocycles. The monoisotopic (exact) mass is 341 g/mol. The Morgan fingerprint density at radius 1 is 0.826 bits per heavy atom. The molecule has 0 atom stereocenters. The van der Waals surface area contributed by atoms with Crippen LogP contribution >= 0.6 is 23.7 Å². The van der Waals surface area contributed by atoms with Crippen LogP contribution < -0.4 is 0 Å². The van der Waals surface area contributed by atoms with Crippen LogP contribution in [0.1, 0.15) is 27.6 Å². The summed E-state index contributed by atoms with van der Waals surface area (Å²) in [7, 11) is 0. The first kappa shape index (κ1) is 16.3. The highest BCUT2D eigenvalue weighted by Gasteiger charge is 2.26. The van der Waals surface area contributed by atoms with Gasteiger partial charge in [0.25, 0.3) is 0 Å². The van der Waals surface area contributed by atoms with Crippen molar-refractivity contribution in [2.75, 3.05) is 6.54 Å². The Hall–Kier alpha value is -1.61. The Labute approximate surface area is 148 Å². The molecule has 1 aliphatic heterocycles. The molecule has 118 valence electrons. The van der Waals surface area contributed by atoms with Gasteiger partial charge in [0.05, 0.1) is 6.04 Å². The Morgan fingerprint density at radius 2 is 1.43 bits per heavy atom. The molecule has 0 saturated carbocycles. The lowest BCUT2D eigenvalue weighted by atomic mass is 9.95. The van der Waals surface area contributed by atoms with Gasteiger partial charge in [-0.05, 0) is 34.6 Å². The van der Waals surface area contributed by atoms with Gasteiger partial charge in [0.1, 0.15) is 0 Å². The van der Waals surface area contributed by atoms with Crippen molar-refractivity contribution in [3.63, 3.8) is 0 Å². The summed E-state index contributed by atoms with van der Waals surface area (Å²) >= 11 is 1.90. The topological polar surface area (TPSA) is 3.24 Å². The van der Waals surface area contributed by atoms with Gasteiger partial charge in [-0.15, -0.1) is 23.7 Å². The number of halogens is 1. The average Bonchev–Trinajstić information content (AvgIpc) is 3.05. The van der Waals surface area contributed by atoms with E-state index < -0.39 is 0 Å². The predicted octanol–water partition coefficient (Wildman–Crippen LogP) is 5.32. The molecule has 3 aromatic rings. The zero-order valence-corrected chi connectivity index (χ0v) is 14.5. The van der Waals surface area contributed by atoms with E-state index in [2.05, 4.69) is 77.0 Å². The molecular formula is C20H20ClNS. The number of rotatable bonds is 3. The number of hydrogen-bond acceptors (Lipinski definition) is 2. The van der Waals surface area contributed by atoms with Crippen LogP contribution in [0.4, 0.5) is 0 Å². The van der Waals surface area contributed by atoms with E-state index in [1.54, 1.807) is 4.88 Å². The highest BCUT2D eigenvalue weighted by Crippen LogP contribution is 2.34. The molecule has 0 unspecified atom stereocenters. The lowest BCUT2D eigenvalue weighted by Gasteiger charge is -2.35. The van der Waals surface area contributed by atoms with Crippen molar-refractivity contribution in [3.8, 4) is 0 Å².